The van der Waals surface area contributed by atoms with E-state index >= 15 is 0 Å². The summed E-state index contributed by atoms with van der Waals surface area (Å²) < 4.78 is 58.9. The Balaban J connectivity index is 1.97. The van der Waals surface area contributed by atoms with E-state index in [0.29, 0.717) is 10.9 Å². The molecule has 3 heterocycles. The number of hydrogen-bond acceptors (Lipinski definition) is 5. The SMILES string of the molecule is O=c1c(-c2cc(OC(F)(F)F)ccc2F)c(O)[n+](Cc2cnc(Cl)s2)c2ccccn12. The molecule has 0 amide bonds. The van der Waals surface area contributed by atoms with Crippen molar-refractivity contribution in [2.75, 3.05) is 0 Å². The number of benzene rings is 1. The summed E-state index contributed by atoms with van der Waals surface area (Å²) in [6.07, 6.45) is -2.15. The minimum absolute atomic E-state index is 0.0252. The average Bonchev–Trinajstić information content (AvgIpc) is 3.11. The first-order valence-electron chi connectivity index (χ1n) is 8.56. The molecule has 0 saturated heterocycles. The quantitative estimate of drug-likeness (QED) is 0.358. The highest BCUT2D eigenvalue weighted by molar-refractivity contribution is 7.15. The fourth-order valence-corrected chi connectivity index (χ4v) is 4.05. The van der Waals surface area contributed by atoms with E-state index in [-0.39, 0.29) is 16.7 Å². The Morgan fingerprint density at radius 2 is 2.03 bits per heavy atom. The van der Waals surface area contributed by atoms with Gasteiger partial charge in [0.2, 0.25) is 0 Å². The summed E-state index contributed by atoms with van der Waals surface area (Å²) in [6.45, 7) is 0.0252. The molecule has 0 radical (unpaired) electrons. The predicted octanol–water partition coefficient (Wildman–Crippen LogP) is 4.16. The van der Waals surface area contributed by atoms with E-state index in [9.17, 15) is 27.5 Å². The van der Waals surface area contributed by atoms with Gasteiger partial charge < -0.3 is 9.84 Å². The molecule has 4 rings (SSSR count). The molecule has 3 aromatic heterocycles. The number of hydrogen-bond donors (Lipinski definition) is 1. The van der Waals surface area contributed by atoms with Crippen molar-refractivity contribution < 1.29 is 32.0 Å². The van der Waals surface area contributed by atoms with E-state index < -0.39 is 40.5 Å². The third kappa shape index (κ3) is 4.19. The number of rotatable bonds is 4. The largest absolute Gasteiger partial charge is 0.573 e. The van der Waals surface area contributed by atoms with Crippen LogP contribution in [0.25, 0.3) is 16.8 Å². The molecule has 6 nitrogen and oxygen atoms in total. The van der Waals surface area contributed by atoms with Crippen LogP contribution in [0, 0.1) is 5.82 Å². The van der Waals surface area contributed by atoms with E-state index in [1.54, 1.807) is 18.2 Å². The average molecular weight is 473 g/mol. The molecule has 0 unspecified atom stereocenters. The van der Waals surface area contributed by atoms with Gasteiger partial charge in [0.15, 0.2) is 10.0 Å². The van der Waals surface area contributed by atoms with Crippen LogP contribution in [0.3, 0.4) is 0 Å². The number of fused-ring (bicyclic) bond motifs is 1. The van der Waals surface area contributed by atoms with Gasteiger partial charge in [-0.05, 0) is 24.3 Å². The molecule has 4 aromatic rings. The zero-order valence-corrected chi connectivity index (χ0v) is 16.8. The standard InChI is InChI=1S/C19H10ClF4N3O3S/c20-18-25-8-11(31-18)9-27-14-3-1-2-6-26(14)16(28)15(17(27)29)12-7-10(4-5-13(12)21)30-19(22,23)24/h1-8H,9H2/p+1. The van der Waals surface area contributed by atoms with Crippen LogP contribution < -0.4 is 14.9 Å². The van der Waals surface area contributed by atoms with Gasteiger partial charge >= 0.3 is 11.9 Å². The van der Waals surface area contributed by atoms with Crippen molar-refractivity contribution in [3.05, 3.63) is 74.3 Å². The van der Waals surface area contributed by atoms with Gasteiger partial charge in [-0.1, -0.05) is 17.7 Å². The molecule has 0 atom stereocenters. The van der Waals surface area contributed by atoms with Crippen molar-refractivity contribution in [2.24, 2.45) is 0 Å². The van der Waals surface area contributed by atoms with Crippen LogP contribution in [-0.4, -0.2) is 20.9 Å². The van der Waals surface area contributed by atoms with Crippen LogP contribution in [-0.2, 0) is 6.54 Å². The second kappa shape index (κ2) is 7.82. The van der Waals surface area contributed by atoms with Gasteiger partial charge in [0, 0.05) is 17.8 Å². The molecular formula is C19H11ClF4N3O3S+. The zero-order chi connectivity index (χ0) is 22.3. The second-order valence-corrected chi connectivity index (χ2v) is 7.99. The van der Waals surface area contributed by atoms with Crippen LogP contribution in [0.4, 0.5) is 17.6 Å². The highest BCUT2D eigenvalue weighted by Gasteiger charge is 2.32. The van der Waals surface area contributed by atoms with Crippen LogP contribution in [0.15, 0.2) is 53.6 Å². The van der Waals surface area contributed by atoms with Gasteiger partial charge in [0.05, 0.1) is 11.1 Å². The van der Waals surface area contributed by atoms with Gasteiger partial charge in [-0.15, -0.1) is 24.5 Å². The fourth-order valence-electron chi connectivity index (χ4n) is 3.08. The van der Waals surface area contributed by atoms with Crippen molar-refractivity contribution >= 4 is 28.6 Å². The molecule has 0 aliphatic rings. The number of ether oxygens (including phenoxy) is 1. The Morgan fingerprint density at radius 3 is 2.71 bits per heavy atom. The number of halogens is 5. The number of thiazole rings is 1. The van der Waals surface area contributed by atoms with Crippen LogP contribution in [0.2, 0.25) is 4.47 Å². The maximum absolute atomic E-state index is 14.6. The Morgan fingerprint density at radius 1 is 1.26 bits per heavy atom. The van der Waals surface area contributed by atoms with Crippen molar-refractivity contribution in [3.63, 3.8) is 0 Å². The third-order valence-electron chi connectivity index (χ3n) is 4.31. The minimum Gasteiger partial charge on any atom is -0.477 e. The molecule has 0 aliphatic heterocycles. The Labute approximate surface area is 180 Å². The van der Waals surface area contributed by atoms with Gasteiger partial charge in [-0.25, -0.2) is 14.2 Å². The second-order valence-electron chi connectivity index (χ2n) is 6.29. The minimum atomic E-state index is -5.01. The lowest BCUT2D eigenvalue weighted by Gasteiger charge is -2.12. The van der Waals surface area contributed by atoms with Crippen molar-refractivity contribution in [1.29, 1.82) is 0 Å². The topological polar surface area (TPSA) is 67.7 Å². The number of nitrogens with zero attached hydrogens (tertiary/aromatic N) is 3. The van der Waals surface area contributed by atoms with Crippen molar-refractivity contribution in [1.82, 2.24) is 9.38 Å². The normalized spacial score (nSPS) is 11.8. The molecule has 0 bridgehead atoms. The van der Waals surface area contributed by atoms with Gasteiger partial charge in [-0.3, -0.25) is 0 Å². The van der Waals surface area contributed by atoms with E-state index in [4.69, 9.17) is 11.6 Å². The van der Waals surface area contributed by atoms with Gasteiger partial charge in [0.25, 0.3) is 11.5 Å². The number of pyridine rings is 1. The lowest BCUT2D eigenvalue weighted by molar-refractivity contribution is -0.671. The molecule has 12 heteroatoms. The fraction of sp³-hybridized carbons (Fsp3) is 0.105. The van der Waals surface area contributed by atoms with Gasteiger partial charge in [0.1, 0.15) is 18.1 Å². The monoisotopic (exact) mass is 472 g/mol. The summed E-state index contributed by atoms with van der Waals surface area (Å²) >= 11 is 6.99. The highest BCUT2D eigenvalue weighted by atomic mass is 35.5. The molecule has 0 aliphatic carbocycles. The molecule has 0 spiro atoms. The summed E-state index contributed by atoms with van der Waals surface area (Å²) in [5.41, 5.74) is -1.63. The van der Waals surface area contributed by atoms with E-state index in [1.807, 2.05) is 0 Å². The maximum Gasteiger partial charge on any atom is 0.573 e. The van der Waals surface area contributed by atoms with E-state index in [2.05, 4.69) is 9.72 Å². The number of aromatic hydroxyl groups is 1. The molecule has 0 saturated carbocycles. The number of aromatic nitrogens is 3. The molecule has 1 aromatic carbocycles. The Bertz CT molecular complexity index is 1350. The summed E-state index contributed by atoms with van der Waals surface area (Å²) in [6, 6.07) is 6.93. The Hall–Kier alpha value is -3.18. The summed E-state index contributed by atoms with van der Waals surface area (Å²) in [4.78, 5) is 17.6. The van der Waals surface area contributed by atoms with Crippen LogP contribution in [0.5, 0.6) is 11.6 Å². The predicted molar refractivity (Wildman–Crippen MR) is 104 cm³/mol. The third-order valence-corrected chi connectivity index (χ3v) is 5.41. The first kappa shape index (κ1) is 21.1. The van der Waals surface area contributed by atoms with Crippen LogP contribution in [0.1, 0.15) is 4.88 Å². The Kier molecular flexibility index (Phi) is 5.31. The molecule has 1 N–H and O–H groups in total. The summed E-state index contributed by atoms with van der Waals surface area (Å²) in [5.74, 6) is -2.38. The molecular weight excluding hydrogens is 462 g/mol. The zero-order valence-electron chi connectivity index (χ0n) is 15.2. The molecule has 31 heavy (non-hydrogen) atoms. The van der Waals surface area contributed by atoms with E-state index in [1.165, 1.54) is 17.0 Å². The molecule has 160 valence electrons. The lowest BCUT2D eigenvalue weighted by Crippen LogP contribution is -2.41. The number of alkyl halides is 3. The lowest BCUT2D eigenvalue weighted by atomic mass is 10.1. The van der Waals surface area contributed by atoms with Gasteiger partial charge in [-0.2, -0.15) is 8.97 Å². The summed E-state index contributed by atoms with van der Waals surface area (Å²) in [7, 11) is 0. The van der Waals surface area contributed by atoms with Crippen molar-refractivity contribution in [3.8, 4) is 22.8 Å². The first-order chi connectivity index (χ1) is 14.6. The summed E-state index contributed by atoms with van der Waals surface area (Å²) in [5, 5.41) is 10.9. The first-order valence-corrected chi connectivity index (χ1v) is 9.75. The highest BCUT2D eigenvalue weighted by Crippen LogP contribution is 2.32. The smallest absolute Gasteiger partial charge is 0.477 e. The van der Waals surface area contributed by atoms with E-state index in [0.717, 1.165) is 27.9 Å². The van der Waals surface area contributed by atoms with Crippen LogP contribution >= 0.6 is 22.9 Å². The molecule has 0 fully saturated rings. The van der Waals surface area contributed by atoms with Crippen molar-refractivity contribution in [2.45, 2.75) is 12.9 Å². The maximum atomic E-state index is 14.6.